The molecule has 0 bridgehead atoms. The summed E-state index contributed by atoms with van der Waals surface area (Å²) in [5.74, 6) is -1.91. The molecule has 1 amide bonds. The van der Waals surface area contributed by atoms with Crippen molar-refractivity contribution in [2.75, 3.05) is 6.54 Å². The quantitative estimate of drug-likeness (QED) is 0.638. The molecule has 1 aromatic carbocycles. The van der Waals surface area contributed by atoms with Crippen molar-refractivity contribution >= 4 is 17.6 Å². The zero-order chi connectivity index (χ0) is 19.7. The Hall–Kier alpha value is -3.30. The van der Waals surface area contributed by atoms with Gasteiger partial charge in [0.25, 0.3) is 11.6 Å². The van der Waals surface area contributed by atoms with Crippen molar-refractivity contribution in [3.63, 3.8) is 0 Å². The topological polar surface area (TPSA) is 131 Å². The van der Waals surface area contributed by atoms with Crippen molar-refractivity contribution in [3.05, 3.63) is 45.8 Å². The lowest BCUT2D eigenvalue weighted by Gasteiger charge is -2.36. The third-order valence-corrected chi connectivity index (χ3v) is 4.87. The van der Waals surface area contributed by atoms with Crippen LogP contribution in [-0.2, 0) is 4.79 Å². The summed E-state index contributed by atoms with van der Waals surface area (Å²) in [5, 5.41) is 28.1. The Morgan fingerprint density at radius 3 is 2.74 bits per heavy atom. The van der Waals surface area contributed by atoms with Crippen molar-refractivity contribution in [1.82, 2.24) is 19.9 Å². The van der Waals surface area contributed by atoms with Gasteiger partial charge in [-0.15, -0.1) is 5.10 Å². The molecule has 0 aliphatic carbocycles. The summed E-state index contributed by atoms with van der Waals surface area (Å²) >= 11 is 0. The van der Waals surface area contributed by atoms with Crippen LogP contribution in [0.1, 0.15) is 35.9 Å². The van der Waals surface area contributed by atoms with E-state index in [1.165, 1.54) is 27.8 Å². The number of nitro benzene ring substituents is 1. The summed E-state index contributed by atoms with van der Waals surface area (Å²) < 4.78 is 1.36. The van der Waals surface area contributed by atoms with Crippen molar-refractivity contribution < 1.29 is 19.6 Å². The molecule has 2 heterocycles. The Labute approximate surface area is 154 Å². The van der Waals surface area contributed by atoms with Crippen molar-refractivity contribution in [2.24, 2.45) is 5.92 Å². The zero-order valence-electron chi connectivity index (χ0n) is 14.9. The summed E-state index contributed by atoms with van der Waals surface area (Å²) in [6, 6.07) is 5.77. The van der Waals surface area contributed by atoms with Crippen LogP contribution in [0.15, 0.2) is 24.3 Å². The van der Waals surface area contributed by atoms with Gasteiger partial charge in [0.15, 0.2) is 5.69 Å². The molecule has 2 atom stereocenters. The maximum Gasteiger partial charge on any atom is 0.308 e. The van der Waals surface area contributed by atoms with Crippen LogP contribution in [0.3, 0.4) is 0 Å². The molecule has 1 aliphatic rings. The number of amides is 1. The molecular weight excluding hydrogens is 354 g/mol. The van der Waals surface area contributed by atoms with Crippen LogP contribution < -0.4 is 0 Å². The highest BCUT2D eigenvalue weighted by atomic mass is 16.6. The normalized spacial score (nSPS) is 19.7. The minimum absolute atomic E-state index is 0.0933. The summed E-state index contributed by atoms with van der Waals surface area (Å²) in [7, 11) is 0. The second-order valence-electron chi connectivity index (χ2n) is 6.63. The average Bonchev–Trinajstić information content (AvgIpc) is 3.02. The largest absolute Gasteiger partial charge is 0.481 e. The van der Waals surface area contributed by atoms with Crippen LogP contribution in [-0.4, -0.2) is 54.4 Å². The highest BCUT2D eigenvalue weighted by Gasteiger charge is 2.35. The molecule has 1 fully saturated rings. The van der Waals surface area contributed by atoms with Crippen molar-refractivity contribution in [2.45, 2.75) is 32.7 Å². The van der Waals surface area contributed by atoms with Crippen LogP contribution in [0.25, 0.3) is 5.69 Å². The molecule has 1 saturated heterocycles. The Morgan fingerprint density at radius 1 is 1.33 bits per heavy atom. The molecule has 10 nitrogen and oxygen atoms in total. The lowest BCUT2D eigenvalue weighted by Crippen LogP contribution is -2.47. The van der Waals surface area contributed by atoms with Crippen LogP contribution in [0.5, 0.6) is 0 Å². The van der Waals surface area contributed by atoms with E-state index in [0.717, 1.165) is 0 Å². The Morgan fingerprint density at radius 2 is 2.07 bits per heavy atom. The number of benzene rings is 1. The Kier molecular flexibility index (Phi) is 4.89. The second-order valence-corrected chi connectivity index (χ2v) is 6.63. The Bertz CT molecular complexity index is 909. The minimum Gasteiger partial charge on any atom is -0.481 e. The fraction of sp³-hybridized carbons (Fsp3) is 0.412. The highest BCUT2D eigenvalue weighted by Crippen LogP contribution is 2.25. The maximum absolute atomic E-state index is 12.9. The lowest BCUT2D eigenvalue weighted by atomic mass is 9.93. The first-order valence-electron chi connectivity index (χ1n) is 8.50. The van der Waals surface area contributed by atoms with Gasteiger partial charge in [-0.3, -0.25) is 19.7 Å². The number of carbonyl (C=O) groups excluding carboxylic acids is 1. The second kappa shape index (κ2) is 7.14. The van der Waals surface area contributed by atoms with Gasteiger partial charge in [0.2, 0.25) is 0 Å². The van der Waals surface area contributed by atoms with E-state index in [4.69, 9.17) is 0 Å². The van der Waals surface area contributed by atoms with E-state index in [9.17, 15) is 24.8 Å². The maximum atomic E-state index is 12.9. The van der Waals surface area contributed by atoms with Gasteiger partial charge in [-0.1, -0.05) is 11.3 Å². The van der Waals surface area contributed by atoms with Crippen LogP contribution in [0.2, 0.25) is 0 Å². The van der Waals surface area contributed by atoms with E-state index in [1.807, 2.05) is 6.92 Å². The average molecular weight is 373 g/mol. The van der Waals surface area contributed by atoms with Gasteiger partial charge in [-0.05, 0) is 32.8 Å². The first kappa shape index (κ1) is 18.5. The number of hydrogen-bond donors (Lipinski definition) is 1. The first-order chi connectivity index (χ1) is 12.8. The number of aliphatic carboxylic acids is 1. The number of non-ortho nitro benzene ring substituents is 1. The zero-order valence-corrected chi connectivity index (χ0v) is 14.9. The fourth-order valence-corrected chi connectivity index (χ4v) is 3.24. The summed E-state index contributed by atoms with van der Waals surface area (Å²) in [4.78, 5) is 36.2. The number of aromatic nitrogens is 3. The minimum atomic E-state index is -0.920. The van der Waals surface area contributed by atoms with E-state index in [1.54, 1.807) is 13.0 Å². The molecule has 0 spiro atoms. The predicted molar refractivity (Wildman–Crippen MR) is 93.6 cm³/mol. The lowest BCUT2D eigenvalue weighted by molar-refractivity contribution is -0.384. The van der Waals surface area contributed by atoms with Gasteiger partial charge < -0.3 is 10.0 Å². The fourth-order valence-electron chi connectivity index (χ4n) is 3.24. The molecule has 142 valence electrons. The number of carbonyl (C=O) groups is 2. The van der Waals surface area contributed by atoms with E-state index in [0.29, 0.717) is 24.2 Å². The third-order valence-electron chi connectivity index (χ3n) is 4.87. The number of nitro groups is 1. The monoisotopic (exact) mass is 373 g/mol. The van der Waals surface area contributed by atoms with Crippen LogP contribution in [0, 0.1) is 23.0 Å². The van der Waals surface area contributed by atoms with Gasteiger partial charge in [0.05, 0.1) is 22.2 Å². The molecule has 0 saturated carbocycles. The number of likely N-dealkylation sites (tertiary alicyclic amines) is 1. The standard InChI is InChI=1S/C17H19N5O5/c1-10-6-7-12(17(24)25)9-20(10)16(23)15-11(2)21(19-18-15)13-4-3-5-14(8-13)22(26)27/h3-5,8,10,12H,6-7,9H2,1-2H3,(H,24,25). The number of hydrogen-bond acceptors (Lipinski definition) is 6. The smallest absolute Gasteiger partial charge is 0.308 e. The van der Waals surface area contributed by atoms with Crippen LogP contribution >= 0.6 is 0 Å². The van der Waals surface area contributed by atoms with Gasteiger partial charge in [-0.2, -0.15) is 0 Å². The molecule has 1 aliphatic heterocycles. The van der Waals surface area contributed by atoms with Crippen molar-refractivity contribution in [1.29, 1.82) is 0 Å². The number of piperidine rings is 1. The van der Waals surface area contributed by atoms with Gasteiger partial charge in [-0.25, -0.2) is 4.68 Å². The number of carboxylic acid groups (broad SMARTS) is 1. The highest BCUT2D eigenvalue weighted by molar-refractivity contribution is 5.94. The third kappa shape index (κ3) is 3.50. The summed E-state index contributed by atoms with van der Waals surface area (Å²) in [6.07, 6.45) is 1.13. The Balaban J connectivity index is 1.90. The molecule has 1 N–H and O–H groups in total. The molecule has 0 radical (unpaired) electrons. The van der Waals surface area contributed by atoms with E-state index in [-0.39, 0.29) is 29.9 Å². The van der Waals surface area contributed by atoms with Gasteiger partial charge in [0, 0.05) is 24.7 Å². The number of carboxylic acids is 1. The molecule has 2 aromatic rings. The molecule has 2 unspecified atom stereocenters. The van der Waals surface area contributed by atoms with Crippen molar-refractivity contribution in [3.8, 4) is 5.69 Å². The number of nitrogens with zero attached hydrogens (tertiary/aromatic N) is 5. The van der Waals surface area contributed by atoms with Crippen LogP contribution in [0.4, 0.5) is 5.69 Å². The van der Waals surface area contributed by atoms with E-state index < -0.39 is 16.8 Å². The van der Waals surface area contributed by atoms with E-state index >= 15 is 0 Å². The molecular formula is C17H19N5O5. The predicted octanol–water partition coefficient (Wildman–Crippen LogP) is 1.81. The number of rotatable bonds is 4. The first-order valence-corrected chi connectivity index (χ1v) is 8.50. The molecule has 27 heavy (non-hydrogen) atoms. The molecule has 3 rings (SSSR count). The van der Waals surface area contributed by atoms with Gasteiger partial charge in [0.1, 0.15) is 0 Å². The van der Waals surface area contributed by atoms with E-state index in [2.05, 4.69) is 10.3 Å². The summed E-state index contributed by atoms with van der Waals surface area (Å²) in [6.45, 7) is 3.64. The van der Waals surface area contributed by atoms with Gasteiger partial charge >= 0.3 is 5.97 Å². The summed E-state index contributed by atoms with van der Waals surface area (Å²) in [5.41, 5.74) is 0.872. The molecule has 10 heteroatoms. The SMILES string of the molecule is Cc1c(C(=O)N2CC(C(=O)O)CCC2C)nnn1-c1cccc([N+](=O)[O-])c1. The molecule has 1 aromatic heterocycles.